The minimum Gasteiger partial charge on any atom is -0.309 e. The van der Waals surface area contributed by atoms with Gasteiger partial charge in [0.15, 0.2) is 0 Å². The Morgan fingerprint density at radius 1 is 0.750 bits per heavy atom. The Morgan fingerprint density at radius 2 is 1.38 bits per heavy atom. The Bertz CT molecular complexity index is 860. The van der Waals surface area contributed by atoms with Crippen LogP contribution in [0.15, 0.2) is 84.9 Å². The molecular formula is C22H17NO. The third kappa shape index (κ3) is 3.91. The van der Waals surface area contributed by atoms with Crippen LogP contribution in [0.5, 0.6) is 0 Å². The van der Waals surface area contributed by atoms with Crippen molar-refractivity contribution in [3.8, 4) is 11.8 Å². The van der Waals surface area contributed by atoms with Crippen molar-refractivity contribution in [2.45, 2.75) is 6.54 Å². The fraction of sp³-hybridized carbons (Fsp3) is 0.0455. The van der Waals surface area contributed by atoms with Gasteiger partial charge in [-0.15, -0.1) is 0 Å². The number of para-hydroxylation sites is 1. The Morgan fingerprint density at radius 3 is 2.08 bits per heavy atom. The van der Waals surface area contributed by atoms with Gasteiger partial charge in [0.05, 0.1) is 12.2 Å². The molecule has 0 aliphatic heterocycles. The van der Waals surface area contributed by atoms with Gasteiger partial charge < -0.3 is 4.90 Å². The van der Waals surface area contributed by atoms with E-state index in [1.54, 1.807) is 4.90 Å². The first-order valence-corrected chi connectivity index (χ1v) is 7.79. The molecule has 0 radical (unpaired) electrons. The van der Waals surface area contributed by atoms with E-state index in [9.17, 15) is 4.79 Å². The molecule has 0 aromatic heterocycles. The van der Waals surface area contributed by atoms with E-state index in [1.165, 1.54) is 0 Å². The SMILES string of the molecule is O=CN(Cc1ccccc1)c1ccccc1C#Cc1ccccc1. The van der Waals surface area contributed by atoms with Crippen molar-refractivity contribution in [3.63, 3.8) is 0 Å². The van der Waals surface area contributed by atoms with Crippen molar-refractivity contribution in [2.75, 3.05) is 4.90 Å². The Kier molecular flexibility index (Phi) is 5.07. The molecule has 0 saturated carbocycles. The molecule has 3 aromatic rings. The molecule has 2 nitrogen and oxygen atoms in total. The summed E-state index contributed by atoms with van der Waals surface area (Å²) in [6.07, 6.45) is 0.857. The molecule has 2 heteroatoms. The van der Waals surface area contributed by atoms with Crippen LogP contribution in [0.25, 0.3) is 0 Å². The highest BCUT2D eigenvalue weighted by Gasteiger charge is 2.09. The van der Waals surface area contributed by atoms with Gasteiger partial charge in [0.1, 0.15) is 0 Å². The van der Waals surface area contributed by atoms with Crippen molar-refractivity contribution in [3.05, 3.63) is 102 Å². The van der Waals surface area contributed by atoms with Gasteiger partial charge in [-0.25, -0.2) is 0 Å². The van der Waals surface area contributed by atoms with Gasteiger partial charge in [-0.05, 0) is 29.8 Å². The highest BCUT2D eigenvalue weighted by molar-refractivity contribution is 5.79. The Balaban J connectivity index is 1.90. The lowest BCUT2D eigenvalue weighted by molar-refractivity contribution is -0.107. The molecule has 0 saturated heterocycles. The molecule has 0 aliphatic rings. The van der Waals surface area contributed by atoms with Crippen molar-refractivity contribution in [1.29, 1.82) is 0 Å². The van der Waals surface area contributed by atoms with Crippen LogP contribution in [0.2, 0.25) is 0 Å². The molecule has 0 heterocycles. The summed E-state index contributed by atoms with van der Waals surface area (Å²) in [5, 5.41) is 0. The van der Waals surface area contributed by atoms with Crippen LogP contribution >= 0.6 is 0 Å². The minimum absolute atomic E-state index is 0.522. The standard InChI is InChI=1S/C22H17NO/c24-18-23(17-20-11-5-2-6-12-20)22-14-8-7-13-21(22)16-15-19-9-3-1-4-10-19/h1-14,18H,17H2. The van der Waals surface area contributed by atoms with Crippen LogP contribution in [0.3, 0.4) is 0 Å². The number of rotatable bonds is 4. The summed E-state index contributed by atoms with van der Waals surface area (Å²) in [6.45, 7) is 0.522. The smallest absolute Gasteiger partial charge is 0.214 e. The molecular weight excluding hydrogens is 294 g/mol. The van der Waals surface area contributed by atoms with E-state index in [1.807, 2.05) is 84.9 Å². The third-order valence-electron chi connectivity index (χ3n) is 3.65. The zero-order valence-corrected chi connectivity index (χ0v) is 13.2. The fourth-order valence-electron chi connectivity index (χ4n) is 2.45. The number of benzene rings is 3. The first-order chi connectivity index (χ1) is 11.9. The molecule has 0 unspecified atom stereocenters. The number of hydrogen-bond donors (Lipinski definition) is 0. The first kappa shape index (κ1) is 15.6. The lowest BCUT2D eigenvalue weighted by Gasteiger charge is -2.19. The van der Waals surface area contributed by atoms with Crippen LogP contribution < -0.4 is 4.90 Å². The number of carbonyl (C=O) groups excluding carboxylic acids is 1. The van der Waals surface area contributed by atoms with Gasteiger partial charge in [-0.3, -0.25) is 4.79 Å². The summed E-state index contributed by atoms with van der Waals surface area (Å²) in [5.41, 5.74) is 3.69. The fourth-order valence-corrected chi connectivity index (χ4v) is 2.45. The molecule has 0 fully saturated rings. The molecule has 3 rings (SSSR count). The van der Waals surface area contributed by atoms with Gasteiger partial charge in [-0.1, -0.05) is 72.5 Å². The summed E-state index contributed by atoms with van der Waals surface area (Å²) in [6, 6.07) is 27.5. The van der Waals surface area contributed by atoms with Gasteiger partial charge in [-0.2, -0.15) is 0 Å². The van der Waals surface area contributed by atoms with Crippen LogP contribution in [-0.2, 0) is 11.3 Å². The summed E-state index contributed by atoms with van der Waals surface area (Å²) in [7, 11) is 0. The van der Waals surface area contributed by atoms with Gasteiger partial charge in [0.25, 0.3) is 0 Å². The number of anilines is 1. The van der Waals surface area contributed by atoms with Gasteiger partial charge in [0, 0.05) is 11.1 Å². The molecule has 116 valence electrons. The highest BCUT2D eigenvalue weighted by Crippen LogP contribution is 2.20. The minimum atomic E-state index is 0.522. The molecule has 0 bridgehead atoms. The summed E-state index contributed by atoms with van der Waals surface area (Å²) < 4.78 is 0. The summed E-state index contributed by atoms with van der Waals surface area (Å²) in [4.78, 5) is 13.3. The van der Waals surface area contributed by atoms with Gasteiger partial charge in [0.2, 0.25) is 6.41 Å². The van der Waals surface area contributed by atoms with E-state index in [4.69, 9.17) is 0 Å². The summed E-state index contributed by atoms with van der Waals surface area (Å²) in [5.74, 6) is 6.33. The second kappa shape index (κ2) is 7.80. The maximum atomic E-state index is 11.6. The number of carbonyl (C=O) groups is 1. The molecule has 0 atom stereocenters. The topological polar surface area (TPSA) is 20.3 Å². The highest BCUT2D eigenvalue weighted by atomic mass is 16.1. The lowest BCUT2D eigenvalue weighted by atomic mass is 10.1. The summed E-state index contributed by atoms with van der Waals surface area (Å²) >= 11 is 0. The van der Waals surface area contributed by atoms with Crippen LogP contribution in [0, 0.1) is 11.8 Å². The third-order valence-corrected chi connectivity index (χ3v) is 3.65. The molecule has 0 N–H and O–H groups in total. The van der Waals surface area contributed by atoms with Crippen molar-refractivity contribution >= 4 is 12.1 Å². The van der Waals surface area contributed by atoms with Crippen molar-refractivity contribution in [1.82, 2.24) is 0 Å². The second-order valence-corrected chi connectivity index (χ2v) is 5.35. The number of hydrogen-bond acceptors (Lipinski definition) is 1. The Labute approximate surface area is 142 Å². The predicted octanol–water partition coefficient (Wildman–Crippen LogP) is 4.25. The molecule has 3 aromatic carbocycles. The van der Waals surface area contributed by atoms with E-state index in [-0.39, 0.29) is 0 Å². The number of amides is 1. The van der Waals surface area contributed by atoms with Crippen molar-refractivity contribution < 1.29 is 4.79 Å². The quantitative estimate of drug-likeness (QED) is 0.521. The Hall–Kier alpha value is -3.31. The monoisotopic (exact) mass is 311 g/mol. The van der Waals surface area contributed by atoms with E-state index in [2.05, 4.69) is 11.8 Å². The molecule has 0 aliphatic carbocycles. The van der Waals surface area contributed by atoms with E-state index < -0.39 is 0 Å². The van der Waals surface area contributed by atoms with Gasteiger partial charge >= 0.3 is 0 Å². The predicted molar refractivity (Wildman–Crippen MR) is 97.6 cm³/mol. The lowest BCUT2D eigenvalue weighted by Crippen LogP contribution is -2.21. The first-order valence-electron chi connectivity index (χ1n) is 7.79. The average Bonchev–Trinajstić information content (AvgIpc) is 2.66. The van der Waals surface area contributed by atoms with Crippen LogP contribution in [0.1, 0.15) is 16.7 Å². The van der Waals surface area contributed by atoms with E-state index in [0.29, 0.717) is 6.54 Å². The molecule has 1 amide bonds. The molecule has 24 heavy (non-hydrogen) atoms. The normalized spacial score (nSPS) is 9.67. The molecule has 0 spiro atoms. The van der Waals surface area contributed by atoms with Crippen LogP contribution in [0.4, 0.5) is 5.69 Å². The second-order valence-electron chi connectivity index (χ2n) is 5.35. The van der Waals surface area contributed by atoms with E-state index in [0.717, 1.165) is 28.8 Å². The maximum absolute atomic E-state index is 11.6. The zero-order valence-electron chi connectivity index (χ0n) is 13.2. The largest absolute Gasteiger partial charge is 0.309 e. The maximum Gasteiger partial charge on any atom is 0.214 e. The van der Waals surface area contributed by atoms with Crippen molar-refractivity contribution in [2.24, 2.45) is 0 Å². The zero-order chi connectivity index (χ0) is 16.6. The number of nitrogens with zero attached hydrogens (tertiary/aromatic N) is 1. The van der Waals surface area contributed by atoms with E-state index >= 15 is 0 Å². The average molecular weight is 311 g/mol. The van der Waals surface area contributed by atoms with Crippen LogP contribution in [-0.4, -0.2) is 6.41 Å².